The summed E-state index contributed by atoms with van der Waals surface area (Å²) in [6.07, 6.45) is 3.15. The van der Waals surface area contributed by atoms with Gasteiger partial charge in [-0.2, -0.15) is 0 Å². The molecule has 2 N–H and O–H groups in total. The smallest absolute Gasteiger partial charge is 0.239 e. The van der Waals surface area contributed by atoms with Crippen LogP contribution in [0.15, 0.2) is 0 Å². The molecule has 0 aromatic rings. The van der Waals surface area contributed by atoms with Crippen molar-refractivity contribution in [1.82, 2.24) is 4.90 Å². The highest BCUT2D eigenvalue weighted by Gasteiger charge is 2.25. The molecule has 0 saturated heterocycles. The number of nitrogens with two attached hydrogens (primary N) is 1. The Morgan fingerprint density at radius 1 is 1.25 bits per heavy atom. The van der Waals surface area contributed by atoms with Crippen LogP contribution in [0.4, 0.5) is 0 Å². The Bertz CT molecular complexity index is 204. The number of rotatable bonds is 7. The lowest BCUT2D eigenvalue weighted by Gasteiger charge is -2.32. The number of unbranched alkanes of at least 4 members (excludes halogenated alkanes) is 1. The second-order valence-corrected chi connectivity index (χ2v) is 4.91. The third kappa shape index (κ3) is 4.52. The fraction of sp³-hybridized carbons (Fsp3) is 0.923. The van der Waals surface area contributed by atoms with Gasteiger partial charge in [-0.25, -0.2) is 0 Å². The highest BCUT2D eigenvalue weighted by Crippen LogP contribution is 2.11. The van der Waals surface area contributed by atoms with Crippen LogP contribution in [0.25, 0.3) is 0 Å². The molecule has 2 atom stereocenters. The Balaban J connectivity index is 4.54. The van der Waals surface area contributed by atoms with Crippen LogP contribution in [-0.2, 0) is 4.79 Å². The van der Waals surface area contributed by atoms with E-state index in [-0.39, 0.29) is 17.9 Å². The van der Waals surface area contributed by atoms with E-state index in [2.05, 4.69) is 20.8 Å². The molecule has 1 amide bonds. The average molecular weight is 228 g/mol. The molecule has 16 heavy (non-hydrogen) atoms. The molecule has 0 aliphatic rings. The Labute approximate surface area is 100 Å². The van der Waals surface area contributed by atoms with Crippen LogP contribution in [0, 0.1) is 5.92 Å². The van der Waals surface area contributed by atoms with Crippen molar-refractivity contribution in [2.24, 2.45) is 11.7 Å². The van der Waals surface area contributed by atoms with E-state index in [1.54, 1.807) is 0 Å². The summed E-state index contributed by atoms with van der Waals surface area (Å²) in [5, 5.41) is 0. The molecule has 0 aromatic heterocycles. The second-order valence-electron chi connectivity index (χ2n) is 4.91. The lowest BCUT2D eigenvalue weighted by atomic mass is 10.0. The van der Waals surface area contributed by atoms with Crippen LogP contribution < -0.4 is 5.73 Å². The first-order valence-corrected chi connectivity index (χ1v) is 6.51. The van der Waals surface area contributed by atoms with Gasteiger partial charge in [0.1, 0.15) is 0 Å². The maximum absolute atomic E-state index is 12.2. The minimum absolute atomic E-state index is 0.109. The first kappa shape index (κ1) is 15.4. The molecule has 0 spiro atoms. The van der Waals surface area contributed by atoms with Crippen LogP contribution in [0.5, 0.6) is 0 Å². The van der Waals surface area contributed by atoms with Crippen molar-refractivity contribution in [3.05, 3.63) is 0 Å². The molecule has 0 rings (SSSR count). The van der Waals surface area contributed by atoms with E-state index in [1.165, 1.54) is 0 Å². The molecule has 0 radical (unpaired) electrons. The van der Waals surface area contributed by atoms with Gasteiger partial charge in [0, 0.05) is 12.6 Å². The summed E-state index contributed by atoms with van der Waals surface area (Å²) in [6, 6.07) is -0.0605. The van der Waals surface area contributed by atoms with Crippen molar-refractivity contribution in [2.75, 3.05) is 6.54 Å². The summed E-state index contributed by atoms with van der Waals surface area (Å²) in [7, 11) is 0. The van der Waals surface area contributed by atoms with Gasteiger partial charge in [0.25, 0.3) is 0 Å². The number of hydrogen-bond acceptors (Lipinski definition) is 2. The molecule has 0 aromatic carbocycles. The van der Waals surface area contributed by atoms with E-state index in [0.717, 1.165) is 25.8 Å². The average Bonchev–Trinajstić information content (AvgIpc) is 2.27. The zero-order valence-corrected chi connectivity index (χ0v) is 11.5. The number of hydrogen-bond donors (Lipinski definition) is 1. The van der Waals surface area contributed by atoms with Crippen molar-refractivity contribution < 1.29 is 4.79 Å². The molecule has 3 nitrogen and oxygen atoms in total. The topological polar surface area (TPSA) is 46.3 Å². The van der Waals surface area contributed by atoms with Gasteiger partial charge < -0.3 is 10.6 Å². The monoisotopic (exact) mass is 228 g/mol. The Hall–Kier alpha value is -0.570. The minimum atomic E-state index is -0.356. The molecule has 0 fully saturated rings. The third-order valence-electron chi connectivity index (χ3n) is 3.16. The van der Waals surface area contributed by atoms with Crippen LogP contribution in [0.1, 0.15) is 53.9 Å². The standard InChI is InChI=1S/C13H28N2O/c1-6-8-9-15(11(5)7-2)13(16)12(14)10(3)4/h10-12H,6-9,14H2,1-5H3/t11?,12-/m0/s1. The van der Waals surface area contributed by atoms with E-state index in [1.807, 2.05) is 18.7 Å². The van der Waals surface area contributed by atoms with Crippen molar-refractivity contribution in [3.8, 4) is 0 Å². The fourth-order valence-corrected chi connectivity index (χ4v) is 1.57. The molecule has 0 bridgehead atoms. The van der Waals surface area contributed by atoms with Crippen molar-refractivity contribution >= 4 is 5.91 Å². The second kappa shape index (κ2) is 7.66. The molecule has 1 unspecified atom stereocenters. The minimum Gasteiger partial charge on any atom is -0.339 e. The van der Waals surface area contributed by atoms with Gasteiger partial charge in [-0.1, -0.05) is 34.1 Å². The summed E-state index contributed by atoms with van der Waals surface area (Å²) >= 11 is 0. The van der Waals surface area contributed by atoms with Gasteiger partial charge in [-0.15, -0.1) is 0 Å². The molecular weight excluding hydrogens is 200 g/mol. The lowest BCUT2D eigenvalue weighted by Crippen LogP contribution is -2.50. The number of carbonyl (C=O) groups excluding carboxylic acids is 1. The predicted molar refractivity (Wildman–Crippen MR) is 69.2 cm³/mol. The Morgan fingerprint density at radius 3 is 2.19 bits per heavy atom. The zero-order valence-electron chi connectivity index (χ0n) is 11.5. The molecule has 3 heteroatoms. The first-order valence-electron chi connectivity index (χ1n) is 6.51. The molecule has 0 aliphatic heterocycles. The molecule has 0 saturated carbocycles. The molecule has 96 valence electrons. The van der Waals surface area contributed by atoms with Crippen LogP contribution in [-0.4, -0.2) is 29.4 Å². The summed E-state index contributed by atoms with van der Waals surface area (Å²) in [5.74, 6) is 0.318. The van der Waals surface area contributed by atoms with Crippen molar-refractivity contribution in [1.29, 1.82) is 0 Å². The molecular formula is C13H28N2O. The van der Waals surface area contributed by atoms with Gasteiger partial charge in [0.05, 0.1) is 6.04 Å². The van der Waals surface area contributed by atoms with Gasteiger partial charge in [0.15, 0.2) is 0 Å². The van der Waals surface area contributed by atoms with Crippen molar-refractivity contribution in [3.63, 3.8) is 0 Å². The van der Waals surface area contributed by atoms with E-state index >= 15 is 0 Å². The van der Waals surface area contributed by atoms with E-state index in [0.29, 0.717) is 6.04 Å². The largest absolute Gasteiger partial charge is 0.339 e. The van der Waals surface area contributed by atoms with Gasteiger partial charge in [0.2, 0.25) is 5.91 Å². The predicted octanol–water partition coefficient (Wildman–Crippen LogP) is 2.40. The van der Waals surface area contributed by atoms with Gasteiger partial charge >= 0.3 is 0 Å². The van der Waals surface area contributed by atoms with E-state index in [9.17, 15) is 4.79 Å². The van der Waals surface area contributed by atoms with E-state index in [4.69, 9.17) is 5.73 Å². The summed E-state index contributed by atoms with van der Waals surface area (Å²) < 4.78 is 0. The fourth-order valence-electron chi connectivity index (χ4n) is 1.57. The molecule has 0 heterocycles. The van der Waals surface area contributed by atoms with Crippen LogP contribution in [0.2, 0.25) is 0 Å². The van der Waals surface area contributed by atoms with Crippen LogP contribution >= 0.6 is 0 Å². The quantitative estimate of drug-likeness (QED) is 0.727. The molecule has 0 aliphatic carbocycles. The summed E-state index contributed by atoms with van der Waals surface area (Å²) in [5.41, 5.74) is 5.93. The van der Waals surface area contributed by atoms with E-state index < -0.39 is 0 Å². The van der Waals surface area contributed by atoms with Crippen molar-refractivity contribution in [2.45, 2.75) is 66.0 Å². The normalized spacial score (nSPS) is 14.9. The van der Waals surface area contributed by atoms with Crippen LogP contribution in [0.3, 0.4) is 0 Å². The number of carbonyl (C=O) groups is 1. The maximum atomic E-state index is 12.2. The highest BCUT2D eigenvalue weighted by molar-refractivity contribution is 5.82. The zero-order chi connectivity index (χ0) is 12.7. The highest BCUT2D eigenvalue weighted by atomic mass is 16.2. The van der Waals surface area contributed by atoms with Gasteiger partial charge in [-0.3, -0.25) is 4.79 Å². The summed E-state index contributed by atoms with van der Waals surface area (Å²) in [4.78, 5) is 14.1. The Morgan fingerprint density at radius 2 is 1.81 bits per heavy atom. The third-order valence-corrected chi connectivity index (χ3v) is 3.16. The number of nitrogens with zero attached hydrogens (tertiary/aromatic N) is 1. The first-order chi connectivity index (χ1) is 7.45. The van der Waals surface area contributed by atoms with Gasteiger partial charge in [-0.05, 0) is 25.7 Å². The number of amides is 1. The lowest BCUT2D eigenvalue weighted by molar-refractivity contribution is -0.135. The SMILES string of the molecule is CCCCN(C(=O)[C@@H](N)C(C)C)C(C)CC. The summed E-state index contributed by atoms with van der Waals surface area (Å²) in [6.45, 7) is 11.2. The maximum Gasteiger partial charge on any atom is 0.239 e. The Kier molecular flexibility index (Phi) is 7.39.